The maximum Gasteiger partial charge on any atom is 0.145 e. The van der Waals surface area contributed by atoms with Gasteiger partial charge in [0.15, 0.2) is 0 Å². The van der Waals surface area contributed by atoms with Gasteiger partial charge >= 0.3 is 0 Å². The van der Waals surface area contributed by atoms with Crippen molar-refractivity contribution in [3.63, 3.8) is 0 Å². The van der Waals surface area contributed by atoms with Crippen LogP contribution in [-0.2, 0) is 0 Å². The number of aromatic nitrogens is 2. The van der Waals surface area contributed by atoms with Crippen LogP contribution in [0.25, 0.3) is 22.4 Å². The fraction of sp³-hybridized carbons (Fsp3) is 0.136. The predicted molar refractivity (Wildman–Crippen MR) is 103 cm³/mol. The number of hydrogen-bond acceptors (Lipinski definition) is 2. The van der Waals surface area contributed by atoms with Crippen LogP contribution in [0.1, 0.15) is 22.9 Å². The van der Waals surface area contributed by atoms with Crippen molar-refractivity contribution in [1.29, 1.82) is 0 Å². The van der Waals surface area contributed by atoms with Gasteiger partial charge in [0, 0.05) is 11.3 Å². The molecule has 0 bridgehead atoms. The molecule has 122 valence electrons. The standard InChI is InChI=1S/C22H19N3/c1-14-11-12-15(2)17(13-14)22-23-18-8-4-3-7-16(18)21-24-19-9-5-6-10-20(19)25(21)22/h3-13,22-23H,1-2H3/t22-/m1/s1. The molecule has 1 aromatic heterocycles. The Kier molecular flexibility index (Phi) is 2.98. The number of aryl methyl sites for hydroxylation is 2. The first kappa shape index (κ1) is 14.3. The van der Waals surface area contributed by atoms with Gasteiger partial charge in [-0.25, -0.2) is 4.98 Å². The van der Waals surface area contributed by atoms with Gasteiger partial charge in [0.2, 0.25) is 0 Å². The summed E-state index contributed by atoms with van der Waals surface area (Å²) >= 11 is 0. The number of fused-ring (bicyclic) bond motifs is 5. The van der Waals surface area contributed by atoms with Gasteiger partial charge in [0.25, 0.3) is 0 Å². The fourth-order valence-electron chi connectivity index (χ4n) is 3.78. The molecule has 1 aliphatic heterocycles. The van der Waals surface area contributed by atoms with Gasteiger partial charge in [0.1, 0.15) is 12.0 Å². The summed E-state index contributed by atoms with van der Waals surface area (Å²) in [4.78, 5) is 4.95. The van der Waals surface area contributed by atoms with Crippen molar-refractivity contribution >= 4 is 16.7 Å². The summed E-state index contributed by atoms with van der Waals surface area (Å²) in [6, 6.07) is 23.4. The molecule has 0 saturated heterocycles. The van der Waals surface area contributed by atoms with E-state index in [1.54, 1.807) is 0 Å². The lowest BCUT2D eigenvalue weighted by Gasteiger charge is -2.31. The molecule has 2 heterocycles. The zero-order valence-corrected chi connectivity index (χ0v) is 14.3. The van der Waals surface area contributed by atoms with E-state index >= 15 is 0 Å². The quantitative estimate of drug-likeness (QED) is 0.515. The molecule has 0 aliphatic carbocycles. The van der Waals surface area contributed by atoms with Gasteiger partial charge in [0.05, 0.1) is 11.0 Å². The highest BCUT2D eigenvalue weighted by Crippen LogP contribution is 2.41. The molecule has 25 heavy (non-hydrogen) atoms. The Morgan fingerprint density at radius 1 is 0.920 bits per heavy atom. The Bertz CT molecular complexity index is 1110. The molecule has 0 fully saturated rings. The van der Waals surface area contributed by atoms with Crippen LogP contribution in [0.4, 0.5) is 5.69 Å². The van der Waals surface area contributed by atoms with Crippen molar-refractivity contribution in [3.8, 4) is 11.4 Å². The van der Waals surface area contributed by atoms with E-state index in [1.165, 1.54) is 16.7 Å². The Hall–Kier alpha value is -3.07. The number of para-hydroxylation sites is 3. The third-order valence-electron chi connectivity index (χ3n) is 5.04. The summed E-state index contributed by atoms with van der Waals surface area (Å²) in [6.45, 7) is 4.32. The minimum Gasteiger partial charge on any atom is -0.361 e. The molecule has 5 rings (SSSR count). The average molecular weight is 325 g/mol. The van der Waals surface area contributed by atoms with Gasteiger partial charge in [-0.1, -0.05) is 48.0 Å². The monoisotopic (exact) mass is 325 g/mol. The van der Waals surface area contributed by atoms with Crippen LogP contribution in [-0.4, -0.2) is 9.55 Å². The molecule has 0 amide bonds. The lowest BCUT2D eigenvalue weighted by atomic mass is 10.00. The van der Waals surface area contributed by atoms with Crippen LogP contribution in [0, 0.1) is 13.8 Å². The van der Waals surface area contributed by atoms with E-state index in [-0.39, 0.29) is 6.17 Å². The number of anilines is 1. The van der Waals surface area contributed by atoms with Crippen molar-refractivity contribution in [2.45, 2.75) is 20.0 Å². The molecule has 0 radical (unpaired) electrons. The highest BCUT2D eigenvalue weighted by Gasteiger charge is 2.28. The van der Waals surface area contributed by atoms with Crippen molar-refractivity contribution in [3.05, 3.63) is 83.4 Å². The van der Waals surface area contributed by atoms with Crippen LogP contribution in [0.2, 0.25) is 0 Å². The Labute approximate surface area is 147 Å². The fourth-order valence-corrected chi connectivity index (χ4v) is 3.78. The Morgan fingerprint density at radius 2 is 1.72 bits per heavy atom. The summed E-state index contributed by atoms with van der Waals surface area (Å²) in [5.41, 5.74) is 8.32. The van der Waals surface area contributed by atoms with Gasteiger partial charge in [-0.3, -0.25) is 4.57 Å². The van der Waals surface area contributed by atoms with E-state index in [4.69, 9.17) is 4.98 Å². The zero-order valence-electron chi connectivity index (χ0n) is 14.3. The van der Waals surface area contributed by atoms with E-state index in [9.17, 15) is 0 Å². The van der Waals surface area contributed by atoms with E-state index in [0.29, 0.717) is 0 Å². The second-order valence-electron chi connectivity index (χ2n) is 6.75. The lowest BCUT2D eigenvalue weighted by molar-refractivity contribution is 0.664. The van der Waals surface area contributed by atoms with E-state index in [1.807, 2.05) is 6.07 Å². The van der Waals surface area contributed by atoms with Crippen molar-refractivity contribution in [2.24, 2.45) is 0 Å². The van der Waals surface area contributed by atoms with Gasteiger partial charge in [-0.15, -0.1) is 0 Å². The number of imidazole rings is 1. The molecule has 1 aliphatic rings. The van der Waals surface area contributed by atoms with Crippen LogP contribution in [0.5, 0.6) is 0 Å². The molecule has 1 atom stereocenters. The molecule has 0 spiro atoms. The van der Waals surface area contributed by atoms with E-state index < -0.39 is 0 Å². The summed E-state index contributed by atoms with van der Waals surface area (Å²) < 4.78 is 2.33. The first-order valence-electron chi connectivity index (χ1n) is 8.62. The molecule has 3 aromatic carbocycles. The largest absolute Gasteiger partial charge is 0.361 e. The minimum atomic E-state index is 0.0391. The Morgan fingerprint density at radius 3 is 2.64 bits per heavy atom. The lowest BCUT2D eigenvalue weighted by Crippen LogP contribution is -2.25. The van der Waals surface area contributed by atoms with Gasteiger partial charge in [-0.05, 0) is 49.2 Å². The molecular formula is C22H19N3. The molecule has 1 N–H and O–H groups in total. The second kappa shape index (κ2) is 5.21. The number of rotatable bonds is 1. The summed E-state index contributed by atoms with van der Waals surface area (Å²) in [5, 5.41) is 3.74. The van der Waals surface area contributed by atoms with Crippen molar-refractivity contribution < 1.29 is 0 Å². The zero-order chi connectivity index (χ0) is 17.0. The van der Waals surface area contributed by atoms with Crippen molar-refractivity contribution in [2.75, 3.05) is 5.32 Å². The van der Waals surface area contributed by atoms with Crippen LogP contribution < -0.4 is 5.32 Å². The SMILES string of the molecule is Cc1ccc(C)c([C@@H]2Nc3ccccc3-c3nc4ccccc4n32)c1. The van der Waals surface area contributed by atoms with E-state index in [2.05, 4.69) is 84.4 Å². The normalized spacial score (nSPS) is 15.5. The highest BCUT2D eigenvalue weighted by molar-refractivity contribution is 5.86. The third-order valence-corrected chi connectivity index (χ3v) is 5.04. The van der Waals surface area contributed by atoms with E-state index in [0.717, 1.165) is 28.1 Å². The number of hydrogen-bond donors (Lipinski definition) is 1. The molecule has 0 unspecified atom stereocenters. The summed E-state index contributed by atoms with van der Waals surface area (Å²) in [6.07, 6.45) is 0.0391. The predicted octanol–water partition coefficient (Wildman–Crippen LogP) is 5.29. The molecule has 0 saturated carbocycles. The topological polar surface area (TPSA) is 29.9 Å². The highest BCUT2D eigenvalue weighted by atomic mass is 15.2. The maximum atomic E-state index is 4.95. The third kappa shape index (κ3) is 2.09. The number of nitrogens with zero attached hydrogens (tertiary/aromatic N) is 2. The van der Waals surface area contributed by atoms with Gasteiger partial charge in [-0.2, -0.15) is 0 Å². The first-order valence-corrected chi connectivity index (χ1v) is 8.62. The molecular weight excluding hydrogens is 306 g/mol. The average Bonchev–Trinajstić information content (AvgIpc) is 3.03. The number of benzene rings is 3. The molecule has 4 aromatic rings. The minimum absolute atomic E-state index is 0.0391. The Balaban J connectivity index is 1.85. The second-order valence-corrected chi connectivity index (χ2v) is 6.75. The first-order chi connectivity index (χ1) is 12.2. The van der Waals surface area contributed by atoms with Crippen LogP contribution >= 0.6 is 0 Å². The van der Waals surface area contributed by atoms with Gasteiger partial charge < -0.3 is 5.32 Å². The molecule has 3 nitrogen and oxygen atoms in total. The summed E-state index contributed by atoms with van der Waals surface area (Å²) in [5.74, 6) is 1.03. The maximum absolute atomic E-state index is 4.95. The molecule has 3 heteroatoms. The smallest absolute Gasteiger partial charge is 0.145 e. The van der Waals surface area contributed by atoms with Crippen LogP contribution in [0.3, 0.4) is 0 Å². The number of nitrogens with one attached hydrogen (secondary N) is 1. The summed E-state index contributed by atoms with van der Waals surface area (Å²) in [7, 11) is 0. The van der Waals surface area contributed by atoms with Crippen LogP contribution in [0.15, 0.2) is 66.7 Å². The van der Waals surface area contributed by atoms with Crippen molar-refractivity contribution in [1.82, 2.24) is 9.55 Å².